The molecule has 4 aromatic rings. The monoisotopic (exact) mass is 331 g/mol. The summed E-state index contributed by atoms with van der Waals surface area (Å²) >= 11 is 0. The average molecular weight is 331 g/mol. The minimum absolute atomic E-state index is 0.435. The van der Waals surface area contributed by atoms with Gasteiger partial charge in [0.1, 0.15) is 11.3 Å². The third-order valence-electron chi connectivity index (χ3n) is 4.53. The molecule has 4 rings (SSSR count). The smallest absolute Gasteiger partial charge is 0.152 e. The van der Waals surface area contributed by atoms with Gasteiger partial charge in [0.05, 0.1) is 10.9 Å². The van der Waals surface area contributed by atoms with E-state index in [2.05, 4.69) is 41.3 Å². The highest BCUT2D eigenvalue weighted by atomic mass is 15.3. The van der Waals surface area contributed by atoms with Gasteiger partial charge in [-0.1, -0.05) is 55.5 Å². The highest BCUT2D eigenvalue weighted by Gasteiger charge is 2.17. The van der Waals surface area contributed by atoms with Gasteiger partial charge in [0.25, 0.3) is 0 Å². The third kappa shape index (κ3) is 2.58. The molecule has 0 bridgehead atoms. The summed E-state index contributed by atoms with van der Waals surface area (Å²) in [7, 11) is 0. The highest BCUT2D eigenvalue weighted by Crippen LogP contribution is 2.33. The molecule has 0 aliphatic heterocycles. The van der Waals surface area contributed by atoms with E-state index in [0.29, 0.717) is 17.2 Å². The molecule has 5 heteroatoms. The lowest BCUT2D eigenvalue weighted by molar-refractivity contribution is 0.617. The van der Waals surface area contributed by atoms with Crippen LogP contribution in [0.3, 0.4) is 0 Å². The van der Waals surface area contributed by atoms with Crippen LogP contribution in [-0.2, 0) is 13.0 Å². The third-order valence-corrected chi connectivity index (χ3v) is 4.53. The summed E-state index contributed by atoms with van der Waals surface area (Å²) in [6.45, 7) is 2.87. The van der Waals surface area contributed by atoms with Gasteiger partial charge in [0.15, 0.2) is 5.82 Å². The zero-order valence-corrected chi connectivity index (χ0v) is 14.2. The van der Waals surface area contributed by atoms with Crippen LogP contribution in [0.25, 0.3) is 21.8 Å². The summed E-state index contributed by atoms with van der Waals surface area (Å²) in [5.41, 5.74) is 16.6. The van der Waals surface area contributed by atoms with Gasteiger partial charge < -0.3 is 11.5 Å². The molecule has 5 nitrogen and oxygen atoms in total. The number of nitrogens with zero attached hydrogens (tertiary/aromatic N) is 3. The number of hydrogen-bond acceptors (Lipinski definition) is 4. The van der Waals surface area contributed by atoms with E-state index >= 15 is 0 Å². The Bertz CT molecular complexity index is 1050. The van der Waals surface area contributed by atoms with E-state index in [1.165, 1.54) is 5.56 Å². The molecule has 0 fully saturated rings. The Kier molecular flexibility index (Phi) is 3.76. The van der Waals surface area contributed by atoms with Crippen LogP contribution in [0, 0.1) is 0 Å². The van der Waals surface area contributed by atoms with Crippen molar-refractivity contribution in [3.8, 4) is 0 Å². The van der Waals surface area contributed by atoms with Gasteiger partial charge in [-0.2, -0.15) is 5.10 Å². The van der Waals surface area contributed by atoms with Crippen LogP contribution in [0.5, 0.6) is 0 Å². The first-order valence-electron chi connectivity index (χ1n) is 8.56. The average Bonchev–Trinajstić information content (AvgIpc) is 2.95. The van der Waals surface area contributed by atoms with Crippen molar-refractivity contribution < 1.29 is 0 Å². The molecule has 0 amide bonds. The van der Waals surface area contributed by atoms with Crippen LogP contribution in [0.2, 0.25) is 0 Å². The van der Waals surface area contributed by atoms with Gasteiger partial charge in [0.2, 0.25) is 0 Å². The number of rotatable bonds is 4. The molecule has 0 aliphatic carbocycles. The molecule has 25 heavy (non-hydrogen) atoms. The van der Waals surface area contributed by atoms with Crippen molar-refractivity contribution in [1.29, 1.82) is 0 Å². The second-order valence-electron chi connectivity index (χ2n) is 6.30. The van der Waals surface area contributed by atoms with Crippen LogP contribution >= 0.6 is 0 Å². The molecular weight excluding hydrogens is 310 g/mol. The molecule has 2 heterocycles. The van der Waals surface area contributed by atoms with Crippen molar-refractivity contribution in [2.75, 3.05) is 11.5 Å². The number of benzene rings is 2. The number of aryl methyl sites for hydroxylation is 1. The van der Waals surface area contributed by atoms with Crippen molar-refractivity contribution in [3.05, 3.63) is 59.7 Å². The van der Waals surface area contributed by atoms with E-state index in [0.717, 1.165) is 41.2 Å². The number of anilines is 2. The van der Waals surface area contributed by atoms with Crippen molar-refractivity contribution >= 4 is 33.4 Å². The molecule has 4 N–H and O–H groups in total. The fourth-order valence-electron chi connectivity index (χ4n) is 3.36. The van der Waals surface area contributed by atoms with E-state index in [-0.39, 0.29) is 0 Å². The first-order chi connectivity index (χ1) is 12.2. The van der Waals surface area contributed by atoms with Gasteiger partial charge in [-0.25, -0.2) is 9.67 Å². The van der Waals surface area contributed by atoms with Gasteiger partial charge >= 0.3 is 0 Å². The summed E-state index contributed by atoms with van der Waals surface area (Å²) in [4.78, 5) is 4.66. The second kappa shape index (κ2) is 6.09. The minimum Gasteiger partial charge on any atom is -0.383 e. The first kappa shape index (κ1) is 15.4. The lowest BCUT2D eigenvalue weighted by Crippen LogP contribution is -2.03. The van der Waals surface area contributed by atoms with Gasteiger partial charge in [-0.15, -0.1) is 0 Å². The Hall–Kier alpha value is -3.08. The van der Waals surface area contributed by atoms with Crippen LogP contribution < -0.4 is 11.5 Å². The number of pyridine rings is 1. The molecule has 2 aromatic carbocycles. The van der Waals surface area contributed by atoms with Crippen LogP contribution in [0.1, 0.15) is 24.5 Å². The quantitative estimate of drug-likeness (QED) is 0.596. The normalized spacial score (nSPS) is 11.4. The summed E-state index contributed by atoms with van der Waals surface area (Å²) in [6, 6.07) is 16.6. The van der Waals surface area contributed by atoms with Crippen molar-refractivity contribution in [2.45, 2.75) is 26.3 Å². The number of nitrogen functional groups attached to an aromatic ring is 2. The Labute approximate surface area is 146 Å². The summed E-state index contributed by atoms with van der Waals surface area (Å²) in [5, 5.41) is 6.49. The largest absolute Gasteiger partial charge is 0.383 e. The van der Waals surface area contributed by atoms with Crippen LogP contribution in [-0.4, -0.2) is 14.8 Å². The lowest BCUT2D eigenvalue weighted by Gasteiger charge is -2.08. The first-order valence-corrected chi connectivity index (χ1v) is 8.56. The van der Waals surface area contributed by atoms with Gasteiger partial charge in [-0.3, -0.25) is 0 Å². The number of nitrogens with two attached hydrogens (primary N) is 2. The fraction of sp³-hybridized carbons (Fsp3) is 0.200. The predicted octanol–water partition coefficient (Wildman–Crippen LogP) is 3.75. The second-order valence-corrected chi connectivity index (χ2v) is 6.30. The predicted molar refractivity (Wildman–Crippen MR) is 103 cm³/mol. The van der Waals surface area contributed by atoms with Crippen molar-refractivity contribution in [3.63, 3.8) is 0 Å². The Morgan fingerprint density at radius 3 is 2.52 bits per heavy atom. The maximum atomic E-state index is 6.38. The van der Waals surface area contributed by atoms with Crippen molar-refractivity contribution in [1.82, 2.24) is 14.8 Å². The summed E-state index contributed by atoms with van der Waals surface area (Å²) < 4.78 is 1.83. The molecular formula is C20H21N5. The summed E-state index contributed by atoms with van der Waals surface area (Å²) in [5.74, 6) is 1.09. The number of hydrogen-bond donors (Lipinski definition) is 2. The van der Waals surface area contributed by atoms with E-state index in [9.17, 15) is 0 Å². The molecule has 0 spiro atoms. The highest BCUT2D eigenvalue weighted by molar-refractivity contribution is 6.13. The number of para-hydroxylation sites is 1. The van der Waals surface area contributed by atoms with Gasteiger partial charge in [-0.05, 0) is 24.0 Å². The Morgan fingerprint density at radius 2 is 1.76 bits per heavy atom. The van der Waals surface area contributed by atoms with Gasteiger partial charge in [0, 0.05) is 11.9 Å². The van der Waals surface area contributed by atoms with E-state index in [4.69, 9.17) is 11.5 Å². The molecule has 0 saturated carbocycles. The zero-order chi connectivity index (χ0) is 17.4. The van der Waals surface area contributed by atoms with E-state index < -0.39 is 0 Å². The minimum atomic E-state index is 0.435. The zero-order valence-electron chi connectivity index (χ0n) is 14.2. The maximum absolute atomic E-state index is 6.38. The lowest BCUT2D eigenvalue weighted by atomic mass is 10.0. The van der Waals surface area contributed by atoms with Crippen molar-refractivity contribution in [2.24, 2.45) is 0 Å². The summed E-state index contributed by atoms with van der Waals surface area (Å²) in [6.07, 6.45) is 1.77. The van der Waals surface area contributed by atoms with Crippen LogP contribution in [0.15, 0.2) is 48.5 Å². The Morgan fingerprint density at radius 1 is 0.960 bits per heavy atom. The molecule has 2 aromatic heterocycles. The maximum Gasteiger partial charge on any atom is 0.152 e. The Balaban J connectivity index is 1.96. The molecule has 0 radical (unpaired) electrons. The number of aromatic nitrogens is 3. The van der Waals surface area contributed by atoms with E-state index in [1.807, 2.05) is 28.9 Å². The molecule has 0 aliphatic rings. The molecule has 0 saturated heterocycles. The standard InChI is InChI=1S/C20H21N5/c1-2-11-25-20(22)16-15-10-6-9-14(12-13-7-4-3-5-8-13)17(15)23-19(21)18(16)24-25/h3-10H,2,11-12,22H2,1H3,(H2,21,23). The molecule has 0 atom stereocenters. The SMILES string of the molecule is CCCn1nc2c(N)nc3c(Cc4ccccc4)cccc3c2c1N. The van der Waals surface area contributed by atoms with Crippen LogP contribution in [0.4, 0.5) is 11.6 Å². The molecule has 0 unspecified atom stereocenters. The topological polar surface area (TPSA) is 82.8 Å². The molecule has 126 valence electrons. The number of fused-ring (bicyclic) bond motifs is 3. The van der Waals surface area contributed by atoms with E-state index in [1.54, 1.807) is 0 Å². The fourth-order valence-corrected chi connectivity index (χ4v) is 3.36.